The van der Waals surface area contributed by atoms with Crippen LogP contribution in [0.5, 0.6) is 0 Å². The number of aliphatic imine (C=N–C) groups is 1. The molecular weight excluding hydrogens is 270 g/mol. The molecule has 0 aromatic carbocycles. The monoisotopic (exact) mass is 297 g/mol. The summed E-state index contributed by atoms with van der Waals surface area (Å²) >= 11 is 0. The number of carbonyl (C=O) groups excluding carboxylic acids is 1. The van der Waals surface area contributed by atoms with Crippen LogP contribution in [-0.4, -0.2) is 61.2 Å². The molecule has 7 heteroatoms. The van der Waals surface area contributed by atoms with E-state index >= 15 is 0 Å². The largest absolute Gasteiger partial charge is 0.370 e. The van der Waals surface area contributed by atoms with Crippen LogP contribution < -0.4 is 16.8 Å². The summed E-state index contributed by atoms with van der Waals surface area (Å²) in [6.45, 7) is 5.71. The molecule has 2 rings (SSSR count). The molecular formula is C14H27N5O2. The van der Waals surface area contributed by atoms with Gasteiger partial charge in [-0.05, 0) is 38.8 Å². The van der Waals surface area contributed by atoms with Crippen molar-refractivity contribution in [2.45, 2.75) is 50.9 Å². The second-order valence-electron chi connectivity index (χ2n) is 5.76. The Morgan fingerprint density at radius 1 is 1.38 bits per heavy atom. The average molecular weight is 297 g/mol. The summed E-state index contributed by atoms with van der Waals surface area (Å²) in [5, 5.41) is 3.07. The highest BCUT2D eigenvalue weighted by Gasteiger charge is 2.29. The highest BCUT2D eigenvalue weighted by molar-refractivity contribution is 5.79. The lowest BCUT2D eigenvalue weighted by Crippen LogP contribution is -2.39. The Kier molecular flexibility index (Phi) is 5.81. The molecule has 2 fully saturated rings. The minimum atomic E-state index is -0.452. The van der Waals surface area contributed by atoms with Crippen LogP contribution in [0.3, 0.4) is 0 Å². The number of nitrogens with one attached hydrogen (secondary N) is 1. The molecule has 2 aliphatic rings. The number of carbonyl (C=O) groups is 1. The van der Waals surface area contributed by atoms with Crippen LogP contribution in [0.1, 0.15) is 32.6 Å². The van der Waals surface area contributed by atoms with Crippen LogP contribution in [0.4, 0.5) is 0 Å². The molecule has 0 aromatic rings. The molecule has 21 heavy (non-hydrogen) atoms. The molecule has 0 aromatic heterocycles. The number of primary amides is 1. The number of likely N-dealkylation sites (tertiary alicyclic amines) is 1. The van der Waals surface area contributed by atoms with Crippen molar-refractivity contribution >= 4 is 11.9 Å². The molecule has 3 unspecified atom stereocenters. The zero-order valence-electron chi connectivity index (χ0n) is 12.8. The normalized spacial score (nSPS) is 30.7. The fraction of sp³-hybridized carbons (Fsp3) is 0.857. The molecule has 0 aliphatic carbocycles. The number of ether oxygens (including phenoxy) is 1. The van der Waals surface area contributed by atoms with Crippen molar-refractivity contribution < 1.29 is 9.53 Å². The number of hydrogen-bond acceptors (Lipinski definition) is 4. The first-order valence-corrected chi connectivity index (χ1v) is 7.82. The SMILES string of the molecule is CCN1CCCC1CN=C(N)NCC1CCC(C(N)=O)O1. The zero-order valence-corrected chi connectivity index (χ0v) is 12.8. The summed E-state index contributed by atoms with van der Waals surface area (Å²) in [4.78, 5) is 17.9. The number of nitrogens with zero attached hydrogens (tertiary/aromatic N) is 2. The van der Waals surface area contributed by atoms with Crippen molar-refractivity contribution in [3.63, 3.8) is 0 Å². The Bertz CT molecular complexity index is 388. The Morgan fingerprint density at radius 3 is 2.86 bits per heavy atom. The number of rotatable bonds is 6. The quantitative estimate of drug-likeness (QED) is 0.449. The van der Waals surface area contributed by atoms with Gasteiger partial charge in [0.2, 0.25) is 5.91 Å². The van der Waals surface area contributed by atoms with Gasteiger partial charge in [0, 0.05) is 12.6 Å². The molecule has 0 saturated carbocycles. The molecule has 5 N–H and O–H groups in total. The van der Waals surface area contributed by atoms with E-state index in [1.54, 1.807) is 0 Å². The van der Waals surface area contributed by atoms with Gasteiger partial charge in [0.15, 0.2) is 5.96 Å². The fourth-order valence-corrected chi connectivity index (χ4v) is 3.06. The van der Waals surface area contributed by atoms with E-state index in [0.29, 0.717) is 25.0 Å². The van der Waals surface area contributed by atoms with Crippen molar-refractivity contribution in [3.05, 3.63) is 0 Å². The molecule has 2 aliphatic heterocycles. The topological polar surface area (TPSA) is 106 Å². The third kappa shape index (κ3) is 4.57. The number of amides is 1. The molecule has 120 valence electrons. The van der Waals surface area contributed by atoms with Crippen molar-refractivity contribution in [3.8, 4) is 0 Å². The van der Waals surface area contributed by atoms with Gasteiger partial charge in [-0.25, -0.2) is 0 Å². The highest BCUT2D eigenvalue weighted by Crippen LogP contribution is 2.19. The Hall–Kier alpha value is -1.34. The van der Waals surface area contributed by atoms with Gasteiger partial charge < -0.3 is 21.5 Å². The minimum Gasteiger partial charge on any atom is -0.370 e. The summed E-state index contributed by atoms with van der Waals surface area (Å²) in [5.41, 5.74) is 11.1. The van der Waals surface area contributed by atoms with Crippen LogP contribution in [0, 0.1) is 0 Å². The number of guanidine groups is 1. The standard InChI is InChI=1S/C14H27N5O2/c1-2-19-7-3-4-10(19)8-17-14(16)18-9-11-5-6-12(21-11)13(15)20/h10-12H,2-9H2,1H3,(H2,15,20)(H3,16,17,18). The van der Waals surface area contributed by atoms with Crippen molar-refractivity contribution in [2.24, 2.45) is 16.5 Å². The molecule has 0 spiro atoms. The summed E-state index contributed by atoms with van der Waals surface area (Å²) in [6.07, 6.45) is 3.47. The molecule has 7 nitrogen and oxygen atoms in total. The van der Waals surface area contributed by atoms with Gasteiger partial charge in [-0.2, -0.15) is 0 Å². The van der Waals surface area contributed by atoms with Gasteiger partial charge in [-0.15, -0.1) is 0 Å². The number of nitrogens with two attached hydrogens (primary N) is 2. The second kappa shape index (κ2) is 7.61. The van der Waals surface area contributed by atoms with E-state index in [4.69, 9.17) is 16.2 Å². The van der Waals surface area contributed by atoms with E-state index in [9.17, 15) is 4.79 Å². The van der Waals surface area contributed by atoms with Gasteiger partial charge >= 0.3 is 0 Å². The Morgan fingerprint density at radius 2 is 2.19 bits per heavy atom. The molecule has 0 bridgehead atoms. The van der Waals surface area contributed by atoms with Crippen LogP contribution in [-0.2, 0) is 9.53 Å². The lowest BCUT2D eigenvalue weighted by molar-refractivity contribution is -0.128. The average Bonchev–Trinajstić information content (AvgIpc) is 3.11. The van der Waals surface area contributed by atoms with Crippen LogP contribution in [0.15, 0.2) is 4.99 Å². The molecule has 1 amide bonds. The van der Waals surface area contributed by atoms with Crippen LogP contribution in [0.2, 0.25) is 0 Å². The first-order valence-electron chi connectivity index (χ1n) is 7.82. The highest BCUT2D eigenvalue weighted by atomic mass is 16.5. The van der Waals surface area contributed by atoms with Gasteiger partial charge in [0.1, 0.15) is 6.10 Å². The molecule has 0 radical (unpaired) electrons. The maximum atomic E-state index is 11.0. The minimum absolute atomic E-state index is 0.0186. The number of hydrogen-bond donors (Lipinski definition) is 3. The fourth-order valence-electron chi connectivity index (χ4n) is 3.06. The zero-order chi connectivity index (χ0) is 15.2. The summed E-state index contributed by atoms with van der Waals surface area (Å²) < 4.78 is 5.53. The first kappa shape index (κ1) is 16.0. The van der Waals surface area contributed by atoms with Crippen LogP contribution >= 0.6 is 0 Å². The summed E-state index contributed by atoms with van der Waals surface area (Å²) in [7, 11) is 0. The molecule has 2 heterocycles. The lowest BCUT2D eigenvalue weighted by atomic mass is 10.2. The van der Waals surface area contributed by atoms with E-state index in [1.165, 1.54) is 12.8 Å². The van der Waals surface area contributed by atoms with Crippen molar-refractivity contribution in [1.29, 1.82) is 0 Å². The van der Waals surface area contributed by atoms with Crippen molar-refractivity contribution in [1.82, 2.24) is 10.2 Å². The van der Waals surface area contributed by atoms with E-state index in [2.05, 4.69) is 22.1 Å². The van der Waals surface area contributed by atoms with Crippen molar-refractivity contribution in [2.75, 3.05) is 26.2 Å². The smallest absolute Gasteiger partial charge is 0.246 e. The third-order valence-corrected chi connectivity index (χ3v) is 4.31. The maximum absolute atomic E-state index is 11.0. The predicted molar refractivity (Wildman–Crippen MR) is 81.9 cm³/mol. The third-order valence-electron chi connectivity index (χ3n) is 4.31. The first-order chi connectivity index (χ1) is 10.1. The summed E-state index contributed by atoms with van der Waals surface area (Å²) in [6, 6.07) is 0.511. The van der Waals surface area contributed by atoms with Crippen LogP contribution in [0.25, 0.3) is 0 Å². The van der Waals surface area contributed by atoms with E-state index in [0.717, 1.165) is 26.1 Å². The predicted octanol–water partition coefficient (Wildman–Crippen LogP) is -0.592. The van der Waals surface area contributed by atoms with E-state index in [-0.39, 0.29) is 12.0 Å². The van der Waals surface area contributed by atoms with E-state index in [1.807, 2.05) is 0 Å². The summed E-state index contributed by atoms with van der Waals surface area (Å²) in [5.74, 6) is 0.0594. The second-order valence-corrected chi connectivity index (χ2v) is 5.76. The Labute approximate surface area is 126 Å². The van der Waals surface area contributed by atoms with Gasteiger partial charge in [0.25, 0.3) is 0 Å². The van der Waals surface area contributed by atoms with E-state index < -0.39 is 6.10 Å². The van der Waals surface area contributed by atoms with Gasteiger partial charge in [-0.3, -0.25) is 14.7 Å². The van der Waals surface area contributed by atoms with Gasteiger partial charge in [0.05, 0.1) is 12.6 Å². The maximum Gasteiger partial charge on any atom is 0.246 e. The lowest BCUT2D eigenvalue weighted by Gasteiger charge is -2.21. The molecule has 3 atom stereocenters. The Balaban J connectivity index is 1.68. The molecule has 2 saturated heterocycles. The van der Waals surface area contributed by atoms with Gasteiger partial charge in [-0.1, -0.05) is 6.92 Å². The number of likely N-dealkylation sites (N-methyl/N-ethyl adjacent to an activating group) is 1.